The first-order valence-corrected chi connectivity index (χ1v) is 10.7. The van der Waals surface area contributed by atoms with E-state index in [9.17, 15) is 9.59 Å². The number of pyridine rings is 1. The van der Waals surface area contributed by atoms with Gasteiger partial charge in [0, 0.05) is 26.9 Å². The summed E-state index contributed by atoms with van der Waals surface area (Å²) in [6.45, 7) is 3.09. The summed E-state index contributed by atoms with van der Waals surface area (Å²) in [5, 5.41) is 0. The molecule has 1 atom stereocenters. The van der Waals surface area contributed by atoms with Gasteiger partial charge in [0.1, 0.15) is 15.8 Å². The van der Waals surface area contributed by atoms with Crippen LogP contribution in [0.2, 0.25) is 0 Å². The Hall–Kier alpha value is -2.23. The molecule has 4 heterocycles. The number of hydrogen-bond acceptors (Lipinski definition) is 7. The third kappa shape index (κ3) is 3.70. The molecule has 0 aromatic carbocycles. The smallest absolute Gasteiger partial charge is 0.267 e. The van der Waals surface area contributed by atoms with Gasteiger partial charge in [0.2, 0.25) is 0 Å². The normalized spacial score (nSPS) is 21.0. The number of anilines is 1. The average molecular weight is 431 g/mol. The fourth-order valence-electron chi connectivity index (χ4n) is 3.55. The highest BCUT2D eigenvalue weighted by molar-refractivity contribution is 8.26. The number of rotatable bonds is 4. The van der Waals surface area contributed by atoms with Crippen LogP contribution in [0.25, 0.3) is 11.7 Å². The van der Waals surface area contributed by atoms with E-state index in [-0.39, 0.29) is 17.6 Å². The van der Waals surface area contributed by atoms with Crippen LogP contribution in [0.5, 0.6) is 0 Å². The first-order valence-electron chi connectivity index (χ1n) is 9.43. The Kier molecular flexibility index (Phi) is 5.46. The van der Waals surface area contributed by atoms with Gasteiger partial charge in [-0.1, -0.05) is 30.0 Å². The number of aromatic nitrogens is 2. The Bertz CT molecular complexity index is 1090. The van der Waals surface area contributed by atoms with E-state index in [1.54, 1.807) is 22.1 Å². The Labute approximate surface area is 178 Å². The maximum Gasteiger partial charge on any atom is 0.267 e. The van der Waals surface area contributed by atoms with E-state index in [1.807, 2.05) is 33.2 Å². The largest absolute Gasteiger partial charge is 0.376 e. The predicted octanol–water partition coefficient (Wildman–Crippen LogP) is 2.45. The molecule has 2 fully saturated rings. The maximum absolute atomic E-state index is 13.2. The molecular formula is C20H22N4O3S2. The lowest BCUT2D eigenvalue weighted by Gasteiger charge is -2.18. The molecule has 2 saturated heterocycles. The molecule has 1 amide bonds. The number of thioether (sulfide) groups is 1. The lowest BCUT2D eigenvalue weighted by atomic mass is 10.2. The number of carbonyl (C=O) groups is 1. The number of fused-ring (bicyclic) bond motifs is 1. The van der Waals surface area contributed by atoms with Crippen molar-refractivity contribution >= 4 is 51.7 Å². The summed E-state index contributed by atoms with van der Waals surface area (Å²) in [5.74, 6) is 0.336. The van der Waals surface area contributed by atoms with Gasteiger partial charge >= 0.3 is 0 Å². The molecule has 4 rings (SSSR count). The lowest BCUT2D eigenvalue weighted by Crippen LogP contribution is -2.35. The number of thiocarbonyl (C=S) groups is 1. The maximum atomic E-state index is 13.2. The standard InChI is InChI=1S/C20H22N4O3S2/c1-12-6-4-8-23-16(12)21-17(22(2)3)14(18(23)25)10-15-19(26)24(20(28)29-15)11-13-7-5-9-27-13/h4,6,8,10,13H,5,7,9,11H2,1-3H3/b15-10+/t13-/m1/s1. The van der Waals surface area contributed by atoms with Crippen LogP contribution < -0.4 is 10.5 Å². The van der Waals surface area contributed by atoms with Gasteiger partial charge in [-0.2, -0.15) is 0 Å². The summed E-state index contributed by atoms with van der Waals surface area (Å²) in [6.07, 6.45) is 5.26. The summed E-state index contributed by atoms with van der Waals surface area (Å²) in [6, 6.07) is 3.72. The Balaban J connectivity index is 1.76. The number of hydrogen-bond donors (Lipinski definition) is 0. The van der Waals surface area contributed by atoms with Crippen LogP contribution in [0.3, 0.4) is 0 Å². The first kappa shape index (κ1) is 20.1. The minimum absolute atomic E-state index is 0.0186. The molecule has 0 radical (unpaired) electrons. The summed E-state index contributed by atoms with van der Waals surface area (Å²) >= 11 is 6.64. The minimum atomic E-state index is -0.216. The topological polar surface area (TPSA) is 67.2 Å². The Morgan fingerprint density at radius 3 is 2.90 bits per heavy atom. The highest BCUT2D eigenvalue weighted by Gasteiger charge is 2.35. The number of aryl methyl sites for hydroxylation is 1. The van der Waals surface area contributed by atoms with E-state index in [4.69, 9.17) is 17.0 Å². The molecule has 0 bridgehead atoms. The molecule has 9 heteroatoms. The van der Waals surface area contributed by atoms with Gasteiger partial charge < -0.3 is 9.64 Å². The zero-order valence-electron chi connectivity index (χ0n) is 16.5. The monoisotopic (exact) mass is 430 g/mol. The van der Waals surface area contributed by atoms with Crippen LogP contribution in [-0.2, 0) is 9.53 Å². The summed E-state index contributed by atoms with van der Waals surface area (Å²) in [5.41, 5.74) is 1.66. The molecule has 152 valence electrons. The highest BCUT2D eigenvalue weighted by Crippen LogP contribution is 2.34. The molecule has 0 aliphatic carbocycles. The van der Waals surface area contributed by atoms with E-state index in [0.717, 1.165) is 25.0 Å². The van der Waals surface area contributed by atoms with Crippen LogP contribution >= 0.6 is 24.0 Å². The Morgan fingerprint density at radius 1 is 1.41 bits per heavy atom. The zero-order valence-corrected chi connectivity index (χ0v) is 18.2. The van der Waals surface area contributed by atoms with E-state index >= 15 is 0 Å². The molecule has 0 unspecified atom stereocenters. The molecule has 2 aromatic rings. The van der Waals surface area contributed by atoms with Crippen molar-refractivity contribution in [3.05, 3.63) is 44.7 Å². The van der Waals surface area contributed by atoms with E-state index in [0.29, 0.717) is 32.8 Å². The van der Waals surface area contributed by atoms with Crippen molar-refractivity contribution in [3.8, 4) is 0 Å². The molecule has 2 aromatic heterocycles. The summed E-state index contributed by atoms with van der Waals surface area (Å²) < 4.78 is 7.65. The van der Waals surface area contributed by atoms with E-state index in [2.05, 4.69) is 4.98 Å². The first-order chi connectivity index (χ1) is 13.9. The van der Waals surface area contributed by atoms with Crippen LogP contribution in [-0.4, -0.2) is 57.9 Å². The average Bonchev–Trinajstić information content (AvgIpc) is 3.28. The second-order valence-electron chi connectivity index (χ2n) is 7.36. The molecular weight excluding hydrogens is 408 g/mol. The van der Waals surface area contributed by atoms with Crippen molar-refractivity contribution in [1.82, 2.24) is 14.3 Å². The van der Waals surface area contributed by atoms with Gasteiger partial charge in [-0.25, -0.2) is 4.98 Å². The van der Waals surface area contributed by atoms with E-state index < -0.39 is 0 Å². The Morgan fingerprint density at radius 2 is 2.21 bits per heavy atom. The molecule has 2 aliphatic rings. The predicted molar refractivity (Wildman–Crippen MR) is 119 cm³/mol. The fraction of sp³-hybridized carbons (Fsp3) is 0.400. The number of carbonyl (C=O) groups excluding carboxylic acids is 1. The third-order valence-electron chi connectivity index (χ3n) is 5.05. The van der Waals surface area contributed by atoms with Crippen LogP contribution in [0, 0.1) is 6.92 Å². The fourth-order valence-corrected chi connectivity index (χ4v) is 4.80. The van der Waals surface area contributed by atoms with Gasteiger partial charge in [-0.15, -0.1) is 0 Å². The zero-order chi connectivity index (χ0) is 20.7. The molecule has 7 nitrogen and oxygen atoms in total. The number of ether oxygens (including phenoxy) is 1. The van der Waals surface area contributed by atoms with Crippen molar-refractivity contribution in [2.75, 3.05) is 32.1 Å². The van der Waals surface area contributed by atoms with Crippen LogP contribution in [0.15, 0.2) is 28.0 Å². The van der Waals surface area contributed by atoms with Crippen molar-refractivity contribution in [2.24, 2.45) is 0 Å². The summed E-state index contributed by atoms with van der Waals surface area (Å²) in [4.78, 5) is 34.7. The molecule has 29 heavy (non-hydrogen) atoms. The van der Waals surface area contributed by atoms with Gasteiger partial charge in [-0.3, -0.25) is 18.9 Å². The number of amides is 1. The molecule has 2 aliphatic heterocycles. The summed E-state index contributed by atoms with van der Waals surface area (Å²) in [7, 11) is 3.66. The van der Waals surface area contributed by atoms with Gasteiger partial charge in [-0.05, 0) is 37.5 Å². The van der Waals surface area contributed by atoms with Crippen molar-refractivity contribution in [1.29, 1.82) is 0 Å². The van der Waals surface area contributed by atoms with Crippen molar-refractivity contribution < 1.29 is 9.53 Å². The van der Waals surface area contributed by atoms with Gasteiger partial charge in [0.25, 0.3) is 11.5 Å². The highest BCUT2D eigenvalue weighted by atomic mass is 32.2. The third-order valence-corrected chi connectivity index (χ3v) is 6.42. The van der Waals surface area contributed by atoms with E-state index in [1.165, 1.54) is 16.2 Å². The van der Waals surface area contributed by atoms with Crippen molar-refractivity contribution in [3.63, 3.8) is 0 Å². The molecule has 0 N–H and O–H groups in total. The van der Waals surface area contributed by atoms with Gasteiger partial charge in [0.05, 0.1) is 23.1 Å². The van der Waals surface area contributed by atoms with Crippen molar-refractivity contribution in [2.45, 2.75) is 25.9 Å². The number of nitrogens with zero attached hydrogens (tertiary/aromatic N) is 4. The van der Waals surface area contributed by atoms with Gasteiger partial charge in [0.15, 0.2) is 0 Å². The second kappa shape index (κ2) is 7.89. The minimum Gasteiger partial charge on any atom is -0.376 e. The van der Waals surface area contributed by atoms with Crippen LogP contribution in [0.1, 0.15) is 24.0 Å². The quantitative estimate of drug-likeness (QED) is 0.545. The van der Waals surface area contributed by atoms with Crippen LogP contribution in [0.4, 0.5) is 5.82 Å². The lowest BCUT2D eigenvalue weighted by molar-refractivity contribution is -0.123. The second-order valence-corrected chi connectivity index (χ2v) is 9.04. The molecule has 0 spiro atoms. The SMILES string of the molecule is Cc1cccn2c(=O)c(/C=C3/SC(=S)N(C[C@H]4CCCO4)C3=O)c(N(C)C)nc12. The molecule has 0 saturated carbocycles.